The number of hydrogen-bond donors (Lipinski definition) is 5. The number of aliphatic hydroxyl groups excluding tert-OH is 3. The second-order valence-corrected chi connectivity index (χ2v) is 20.8. The monoisotopic (exact) mass is 970 g/mol. The van der Waals surface area contributed by atoms with Crippen LogP contribution in [0.3, 0.4) is 0 Å². The van der Waals surface area contributed by atoms with Crippen molar-refractivity contribution in [2.45, 2.75) is 114 Å². The fraction of sp³-hybridized carbons (Fsp3) is 0.608. The first-order valence-corrected chi connectivity index (χ1v) is 24.7. The van der Waals surface area contributed by atoms with E-state index in [2.05, 4.69) is 20.5 Å². The lowest BCUT2D eigenvalue weighted by Crippen LogP contribution is -2.76. The van der Waals surface area contributed by atoms with Crippen molar-refractivity contribution in [1.29, 1.82) is 0 Å². The molecule has 9 atom stereocenters. The molecule has 7 unspecified atom stereocenters. The Labute approximate surface area is 407 Å². The number of ether oxygens (including phenoxy) is 3. The van der Waals surface area contributed by atoms with Crippen molar-refractivity contribution in [2.24, 2.45) is 29.1 Å². The summed E-state index contributed by atoms with van der Waals surface area (Å²) in [5, 5.41) is 56.5. The highest BCUT2D eigenvalue weighted by atomic mass is 19.1. The number of rotatable bonds is 20. The number of methoxy groups -OCH3 is 2. The van der Waals surface area contributed by atoms with E-state index in [9.17, 15) is 39.2 Å². The minimum absolute atomic E-state index is 0.00378. The molecule has 3 heterocycles. The predicted octanol–water partition coefficient (Wildman–Crippen LogP) is 4.65. The molecule has 2 aromatic carbocycles. The van der Waals surface area contributed by atoms with Gasteiger partial charge in [0.15, 0.2) is 18.1 Å². The Kier molecular flexibility index (Phi) is 13.9. The van der Waals surface area contributed by atoms with E-state index in [-0.39, 0.29) is 34.8 Å². The molecule has 5 aliphatic rings. The molecule has 18 nitrogen and oxygen atoms in total. The van der Waals surface area contributed by atoms with Gasteiger partial charge in [0.2, 0.25) is 0 Å². The molecule has 1 aliphatic heterocycles. The number of benzene rings is 2. The van der Waals surface area contributed by atoms with Crippen LogP contribution in [0.5, 0.6) is 11.5 Å². The summed E-state index contributed by atoms with van der Waals surface area (Å²) < 4.78 is 34.8. The Morgan fingerprint density at radius 3 is 2.27 bits per heavy atom. The maximum atomic E-state index is 14.8. The number of carboxylic acid groups (broad SMARTS) is 1. The summed E-state index contributed by atoms with van der Waals surface area (Å²) in [4.78, 5) is 45.8. The van der Waals surface area contributed by atoms with Gasteiger partial charge in [-0.2, -0.15) is 5.10 Å². The number of unbranched alkanes of at least 4 members (excludes halogenated alkanes) is 1. The summed E-state index contributed by atoms with van der Waals surface area (Å²) in [6.07, 6.45) is 1.74. The van der Waals surface area contributed by atoms with Gasteiger partial charge in [0, 0.05) is 19.2 Å². The normalized spacial score (nSPS) is 29.6. The largest absolute Gasteiger partial charge is 0.496 e. The lowest BCUT2D eigenvalue weighted by atomic mass is 9.45. The van der Waals surface area contributed by atoms with Crippen molar-refractivity contribution in [3.63, 3.8) is 0 Å². The van der Waals surface area contributed by atoms with E-state index < -0.39 is 54.7 Å². The Morgan fingerprint density at radius 2 is 1.63 bits per heavy atom. The van der Waals surface area contributed by atoms with E-state index in [1.165, 1.54) is 4.68 Å². The number of hydrogen-bond acceptors (Lipinski definition) is 13. The van der Waals surface area contributed by atoms with Gasteiger partial charge in [0.25, 0.3) is 11.8 Å². The zero-order valence-electron chi connectivity index (χ0n) is 40.8. The molecule has 5 N–H and O–H groups in total. The van der Waals surface area contributed by atoms with Gasteiger partial charge in [-0.15, -0.1) is 5.10 Å². The topological polar surface area (TPSA) is 227 Å². The van der Waals surface area contributed by atoms with Gasteiger partial charge in [-0.25, -0.2) is 18.5 Å². The molecular weight excluding hydrogens is 904 g/mol. The average Bonchev–Trinajstić information content (AvgIpc) is 4.12. The number of carbonyl (C=O) groups is 3. The quantitative estimate of drug-likeness (QED) is 0.0761. The lowest BCUT2D eigenvalue weighted by molar-refractivity contribution is -0.237. The number of nitrogens with zero attached hydrogens (tertiary/aromatic N) is 7. The molecule has 5 fully saturated rings. The van der Waals surface area contributed by atoms with Gasteiger partial charge in [-0.05, 0) is 155 Å². The minimum atomic E-state index is -1.94. The van der Waals surface area contributed by atoms with Crippen LogP contribution in [0.4, 0.5) is 4.39 Å². The summed E-state index contributed by atoms with van der Waals surface area (Å²) in [5.74, 6) is 0.0737. The van der Waals surface area contributed by atoms with Crippen molar-refractivity contribution < 1.29 is 53.4 Å². The molecule has 1 spiro atoms. The van der Waals surface area contributed by atoms with Gasteiger partial charge < -0.3 is 49.8 Å². The fourth-order valence-electron chi connectivity index (χ4n) is 13.1. The first kappa shape index (κ1) is 49.5. The summed E-state index contributed by atoms with van der Waals surface area (Å²) in [7, 11) is 6.93. The number of halogens is 1. The highest BCUT2D eigenvalue weighted by Crippen LogP contribution is 2.78. The van der Waals surface area contributed by atoms with E-state index >= 15 is 0 Å². The Bertz CT molecular complexity index is 2540. The second-order valence-electron chi connectivity index (χ2n) is 20.8. The second kappa shape index (κ2) is 19.6. The molecule has 1 saturated heterocycles. The number of aryl methyl sites for hydroxylation is 1. The Morgan fingerprint density at radius 1 is 0.943 bits per heavy atom. The number of aliphatic carboxylic acids is 1. The third kappa shape index (κ3) is 8.54. The molecule has 4 saturated carbocycles. The zero-order valence-corrected chi connectivity index (χ0v) is 40.8. The van der Waals surface area contributed by atoms with Crippen LogP contribution >= 0.6 is 0 Å². The number of carboxylic acids is 1. The van der Waals surface area contributed by atoms with Crippen LogP contribution in [-0.4, -0.2) is 157 Å². The first-order chi connectivity index (χ1) is 33.5. The number of carbonyl (C=O) groups excluding carboxylic acids is 2. The van der Waals surface area contributed by atoms with E-state index in [0.717, 1.165) is 70.0 Å². The number of aliphatic hydroxyl groups is 3. The van der Waals surface area contributed by atoms with Gasteiger partial charge in [-0.1, -0.05) is 25.1 Å². The molecule has 378 valence electrons. The number of aromatic nitrogens is 5. The van der Waals surface area contributed by atoms with Crippen LogP contribution < -0.4 is 14.8 Å². The molecule has 2 aromatic heterocycles. The third-order valence-corrected chi connectivity index (χ3v) is 16.3. The van der Waals surface area contributed by atoms with Crippen molar-refractivity contribution >= 4 is 17.8 Å². The maximum Gasteiger partial charge on any atom is 0.330 e. The zero-order chi connectivity index (χ0) is 49.8. The Hall–Kier alpha value is -5.47. The van der Waals surface area contributed by atoms with Crippen LogP contribution in [0, 0.1) is 29.1 Å². The SMILES string of the molecule is COc1cccc(OC)c1-c1cc(C(=O)NC2(C(=O)O)C3CC4CC5CC2C3(C4)C5)nn1-c1ccc(C(=O)N(C)CCCN(C)CCCCc2cn([C@@H]3OC(CO)[C@@H](O)C(O)C3F)nn2)cc1C(C)C. The van der Waals surface area contributed by atoms with Gasteiger partial charge >= 0.3 is 5.97 Å². The molecule has 2 amide bonds. The van der Waals surface area contributed by atoms with Crippen molar-refractivity contribution in [2.75, 3.05) is 54.6 Å². The first-order valence-electron chi connectivity index (χ1n) is 24.7. The maximum absolute atomic E-state index is 14.8. The highest BCUT2D eigenvalue weighted by Gasteiger charge is 2.81. The van der Waals surface area contributed by atoms with E-state index in [0.29, 0.717) is 64.5 Å². The van der Waals surface area contributed by atoms with Crippen LogP contribution in [0.15, 0.2) is 48.7 Å². The van der Waals surface area contributed by atoms with Crippen molar-refractivity contribution in [3.8, 4) is 28.4 Å². The van der Waals surface area contributed by atoms with E-state index in [1.54, 1.807) is 61.3 Å². The average molecular weight is 971 g/mol. The van der Waals surface area contributed by atoms with Gasteiger partial charge in [0.05, 0.1) is 49.7 Å². The minimum Gasteiger partial charge on any atom is -0.496 e. The number of alkyl halides is 1. The Balaban J connectivity index is 0.857. The highest BCUT2D eigenvalue weighted by molar-refractivity contribution is 5.99. The van der Waals surface area contributed by atoms with E-state index in [4.69, 9.17) is 19.3 Å². The summed E-state index contributed by atoms with van der Waals surface area (Å²) in [6, 6.07) is 12.6. The molecule has 0 radical (unpaired) electrons. The van der Waals surface area contributed by atoms with Crippen molar-refractivity contribution in [3.05, 3.63) is 71.2 Å². The molecule has 70 heavy (non-hydrogen) atoms. The molecule has 19 heteroatoms. The van der Waals surface area contributed by atoms with Gasteiger partial charge in [-0.3, -0.25) is 9.59 Å². The predicted molar refractivity (Wildman–Crippen MR) is 253 cm³/mol. The molecule has 9 rings (SSSR count). The van der Waals surface area contributed by atoms with E-state index in [1.807, 2.05) is 39.1 Å². The number of amides is 2. The van der Waals surface area contributed by atoms with Crippen LogP contribution in [0.25, 0.3) is 16.9 Å². The van der Waals surface area contributed by atoms with Crippen molar-refractivity contribution in [1.82, 2.24) is 39.9 Å². The number of nitrogens with one attached hydrogen (secondary N) is 1. The number of fused-ring (bicyclic) bond motifs is 2. The van der Waals surface area contributed by atoms with Crippen LogP contribution in [0.1, 0.15) is 109 Å². The molecule has 3 bridgehead atoms. The molecular formula is C51H67FN8O10. The smallest absolute Gasteiger partial charge is 0.330 e. The lowest BCUT2D eigenvalue weighted by Gasteiger charge is -2.61. The van der Waals surface area contributed by atoms with Crippen LogP contribution in [0.2, 0.25) is 0 Å². The summed E-state index contributed by atoms with van der Waals surface area (Å²) in [5.41, 5.74) is 2.40. The summed E-state index contributed by atoms with van der Waals surface area (Å²) in [6.45, 7) is 5.55. The summed E-state index contributed by atoms with van der Waals surface area (Å²) >= 11 is 0. The molecule has 4 aromatic rings. The fourth-order valence-corrected chi connectivity index (χ4v) is 13.1. The van der Waals surface area contributed by atoms with Crippen LogP contribution in [-0.2, 0) is 16.0 Å². The standard InChI is InChI=1S/C51H67FN8O10/c1-28(2)33-22-31(47(65)58(4)18-10-17-57(3)16-8-7-11-32-26-59(56-54-32)48-43(52)45(63)44(62)39(27-61)70-48)14-15-35(33)60-36(42-37(68-5)12-9-13-38(42)69-6)23-34(55-60)46(64)53-51(49(66)67)40-20-29-19-30-21-41(51)50(40,24-29)25-30/h9,12-15,22-23,26,28-30,39-41,43-45,48,61-63H,7-8,10-11,16-21,24-25,27H2,1-6H3,(H,53,64)(H,66,67)/t29?,30?,39?,40?,41?,43?,44-,45?,48-,50?,51?/m1/s1. The van der Waals surface area contributed by atoms with Gasteiger partial charge in [0.1, 0.15) is 35.3 Å². The third-order valence-electron chi connectivity index (χ3n) is 16.3. The molecule has 4 aliphatic carbocycles.